The summed E-state index contributed by atoms with van der Waals surface area (Å²) >= 11 is 6.04. The summed E-state index contributed by atoms with van der Waals surface area (Å²) in [5.41, 5.74) is 6.80. The van der Waals surface area contributed by atoms with Crippen molar-refractivity contribution < 1.29 is 9.59 Å². The molecule has 1 fully saturated rings. The van der Waals surface area contributed by atoms with E-state index in [1.54, 1.807) is 18.2 Å². The predicted octanol–water partition coefficient (Wildman–Crippen LogP) is 1.44. The van der Waals surface area contributed by atoms with Gasteiger partial charge in [0, 0.05) is 6.42 Å². The topological polar surface area (TPSA) is 72.2 Å². The van der Waals surface area contributed by atoms with Crippen LogP contribution in [0.2, 0.25) is 5.02 Å². The van der Waals surface area contributed by atoms with Crippen molar-refractivity contribution in [3.8, 4) is 0 Å². The maximum absolute atomic E-state index is 11.6. The lowest BCUT2D eigenvalue weighted by molar-refractivity contribution is -0.134. The average molecular weight is 239 g/mol. The first-order valence-electron chi connectivity index (χ1n) is 4.97. The standard InChI is InChI=1S/C11H11ClN2O2/c12-10-6(2-1-3-8(10)13)7-4-5-9(15)14-11(7)16/h1-3,7H,4-5,13H2,(H,14,15,16). The van der Waals surface area contributed by atoms with E-state index in [-0.39, 0.29) is 17.7 Å². The van der Waals surface area contributed by atoms with Gasteiger partial charge in [0.25, 0.3) is 0 Å². The molecule has 0 bridgehead atoms. The fraction of sp³-hybridized carbons (Fsp3) is 0.273. The fourth-order valence-electron chi connectivity index (χ4n) is 1.83. The first-order chi connectivity index (χ1) is 7.59. The molecule has 1 aromatic carbocycles. The van der Waals surface area contributed by atoms with Gasteiger partial charge in [0.05, 0.1) is 16.6 Å². The van der Waals surface area contributed by atoms with Gasteiger partial charge in [-0.1, -0.05) is 23.7 Å². The number of halogens is 1. The highest BCUT2D eigenvalue weighted by Gasteiger charge is 2.29. The Morgan fingerprint density at radius 2 is 2.12 bits per heavy atom. The molecule has 0 radical (unpaired) electrons. The van der Waals surface area contributed by atoms with E-state index in [0.29, 0.717) is 29.1 Å². The maximum Gasteiger partial charge on any atom is 0.234 e. The van der Waals surface area contributed by atoms with Gasteiger partial charge in [0.15, 0.2) is 0 Å². The number of carbonyl (C=O) groups is 2. The number of benzene rings is 1. The normalized spacial score (nSPS) is 20.7. The van der Waals surface area contributed by atoms with E-state index in [9.17, 15) is 9.59 Å². The molecule has 1 saturated heterocycles. The van der Waals surface area contributed by atoms with Gasteiger partial charge >= 0.3 is 0 Å². The van der Waals surface area contributed by atoms with Crippen molar-refractivity contribution in [1.82, 2.24) is 5.32 Å². The van der Waals surface area contributed by atoms with E-state index in [1.165, 1.54) is 0 Å². The molecule has 0 aromatic heterocycles. The van der Waals surface area contributed by atoms with Crippen LogP contribution in [0, 0.1) is 0 Å². The minimum Gasteiger partial charge on any atom is -0.398 e. The molecular weight excluding hydrogens is 228 g/mol. The van der Waals surface area contributed by atoms with Crippen LogP contribution in [0.5, 0.6) is 0 Å². The molecule has 0 aliphatic carbocycles. The molecule has 0 saturated carbocycles. The summed E-state index contributed by atoms with van der Waals surface area (Å²) in [5.74, 6) is -0.918. The molecule has 1 aliphatic heterocycles. The number of nitrogens with two attached hydrogens (primary N) is 1. The Bertz CT molecular complexity index is 459. The van der Waals surface area contributed by atoms with Gasteiger partial charge in [-0.15, -0.1) is 0 Å². The number of nitrogen functional groups attached to an aromatic ring is 1. The first-order valence-corrected chi connectivity index (χ1v) is 5.35. The van der Waals surface area contributed by atoms with E-state index >= 15 is 0 Å². The van der Waals surface area contributed by atoms with E-state index in [1.807, 2.05) is 0 Å². The van der Waals surface area contributed by atoms with Gasteiger partial charge in [-0.05, 0) is 18.1 Å². The average Bonchev–Trinajstić information content (AvgIpc) is 2.23. The zero-order valence-electron chi connectivity index (χ0n) is 8.50. The van der Waals surface area contributed by atoms with Gasteiger partial charge in [0.1, 0.15) is 0 Å². The Hall–Kier alpha value is -1.55. The Balaban J connectivity index is 2.34. The van der Waals surface area contributed by atoms with Crippen molar-refractivity contribution in [2.45, 2.75) is 18.8 Å². The number of imide groups is 1. The zero-order chi connectivity index (χ0) is 11.7. The van der Waals surface area contributed by atoms with Crippen LogP contribution in [0.25, 0.3) is 0 Å². The second-order valence-corrected chi connectivity index (χ2v) is 4.13. The van der Waals surface area contributed by atoms with Crippen molar-refractivity contribution in [3.05, 3.63) is 28.8 Å². The number of hydrogen-bond acceptors (Lipinski definition) is 3. The smallest absolute Gasteiger partial charge is 0.234 e. The molecule has 0 spiro atoms. The van der Waals surface area contributed by atoms with Gasteiger partial charge in [0.2, 0.25) is 11.8 Å². The van der Waals surface area contributed by atoms with Gasteiger partial charge in [-0.2, -0.15) is 0 Å². The van der Waals surface area contributed by atoms with E-state index in [0.717, 1.165) is 0 Å². The molecule has 5 heteroatoms. The number of carbonyl (C=O) groups excluding carboxylic acids is 2. The lowest BCUT2D eigenvalue weighted by Crippen LogP contribution is -2.39. The van der Waals surface area contributed by atoms with Crippen molar-refractivity contribution in [1.29, 1.82) is 0 Å². The third-order valence-electron chi connectivity index (χ3n) is 2.67. The van der Waals surface area contributed by atoms with Crippen LogP contribution in [0.3, 0.4) is 0 Å². The summed E-state index contributed by atoms with van der Waals surface area (Å²) in [5, 5.41) is 2.70. The SMILES string of the molecule is Nc1cccc(C2CCC(=O)NC2=O)c1Cl. The first kappa shape index (κ1) is 11.0. The van der Waals surface area contributed by atoms with Crippen LogP contribution in [-0.4, -0.2) is 11.8 Å². The highest BCUT2D eigenvalue weighted by atomic mass is 35.5. The van der Waals surface area contributed by atoms with Crippen LogP contribution in [0.1, 0.15) is 24.3 Å². The van der Waals surface area contributed by atoms with Gasteiger partial charge < -0.3 is 5.73 Å². The van der Waals surface area contributed by atoms with Gasteiger partial charge in [-0.3, -0.25) is 14.9 Å². The minimum atomic E-state index is -0.381. The number of nitrogens with one attached hydrogen (secondary N) is 1. The molecule has 1 heterocycles. The molecule has 84 valence electrons. The largest absolute Gasteiger partial charge is 0.398 e. The van der Waals surface area contributed by atoms with E-state index in [2.05, 4.69) is 5.32 Å². The quantitative estimate of drug-likeness (QED) is 0.575. The summed E-state index contributed by atoms with van der Waals surface area (Å²) in [6.45, 7) is 0. The number of anilines is 1. The molecule has 2 amide bonds. The minimum absolute atomic E-state index is 0.235. The number of piperidine rings is 1. The highest BCUT2D eigenvalue weighted by Crippen LogP contribution is 2.33. The van der Waals surface area contributed by atoms with Crippen LogP contribution < -0.4 is 11.1 Å². The summed E-state index contributed by atoms with van der Waals surface area (Å²) in [4.78, 5) is 22.6. The molecule has 1 atom stereocenters. The molecule has 1 aliphatic rings. The van der Waals surface area contributed by atoms with Gasteiger partial charge in [-0.25, -0.2) is 0 Å². The summed E-state index contributed by atoms with van der Waals surface area (Å²) in [6.07, 6.45) is 0.815. The molecule has 2 rings (SSSR count). The van der Waals surface area contributed by atoms with Crippen LogP contribution >= 0.6 is 11.6 Å². The Labute approximate surface area is 97.8 Å². The predicted molar refractivity (Wildman–Crippen MR) is 61.0 cm³/mol. The van der Waals surface area contributed by atoms with Crippen molar-refractivity contribution in [2.75, 3.05) is 5.73 Å². The Kier molecular flexibility index (Phi) is 2.83. The third-order valence-corrected chi connectivity index (χ3v) is 3.11. The summed E-state index contributed by atoms with van der Waals surface area (Å²) < 4.78 is 0. The van der Waals surface area contributed by atoms with Crippen molar-refractivity contribution in [2.24, 2.45) is 0 Å². The molecule has 3 N–H and O–H groups in total. The fourth-order valence-corrected chi connectivity index (χ4v) is 2.09. The maximum atomic E-state index is 11.6. The summed E-state index contributed by atoms with van der Waals surface area (Å²) in [7, 11) is 0. The summed E-state index contributed by atoms with van der Waals surface area (Å²) in [6, 6.07) is 5.19. The lowest BCUT2D eigenvalue weighted by Gasteiger charge is -2.22. The van der Waals surface area contributed by atoms with Crippen molar-refractivity contribution in [3.63, 3.8) is 0 Å². The van der Waals surface area contributed by atoms with Crippen molar-refractivity contribution >= 4 is 29.1 Å². The Morgan fingerprint density at radius 1 is 1.38 bits per heavy atom. The second-order valence-electron chi connectivity index (χ2n) is 3.75. The third kappa shape index (κ3) is 1.88. The zero-order valence-corrected chi connectivity index (χ0v) is 9.25. The van der Waals surface area contributed by atoms with E-state index in [4.69, 9.17) is 17.3 Å². The van der Waals surface area contributed by atoms with Crippen LogP contribution in [0.4, 0.5) is 5.69 Å². The highest BCUT2D eigenvalue weighted by molar-refractivity contribution is 6.34. The van der Waals surface area contributed by atoms with Crippen LogP contribution in [-0.2, 0) is 9.59 Å². The molecule has 1 aromatic rings. The van der Waals surface area contributed by atoms with Crippen LogP contribution in [0.15, 0.2) is 18.2 Å². The number of rotatable bonds is 1. The lowest BCUT2D eigenvalue weighted by atomic mass is 9.90. The molecule has 1 unspecified atom stereocenters. The number of amides is 2. The number of hydrogen-bond donors (Lipinski definition) is 2. The molecular formula is C11H11ClN2O2. The Morgan fingerprint density at radius 3 is 2.81 bits per heavy atom. The van der Waals surface area contributed by atoms with E-state index < -0.39 is 0 Å². The molecule has 4 nitrogen and oxygen atoms in total. The molecule has 16 heavy (non-hydrogen) atoms. The second kappa shape index (κ2) is 4.14. The monoisotopic (exact) mass is 238 g/mol.